The van der Waals surface area contributed by atoms with Crippen molar-refractivity contribution in [2.24, 2.45) is 4.99 Å². The number of ether oxygens (including phenoxy) is 1. The lowest BCUT2D eigenvalue weighted by Gasteiger charge is -2.13. The molecule has 0 saturated carbocycles. The van der Waals surface area contributed by atoms with E-state index in [1.807, 2.05) is 62.4 Å². The van der Waals surface area contributed by atoms with Gasteiger partial charge in [0.25, 0.3) is 5.91 Å². The molecule has 7 heteroatoms. The van der Waals surface area contributed by atoms with Gasteiger partial charge in [-0.05, 0) is 104 Å². The van der Waals surface area contributed by atoms with Crippen LogP contribution in [0.3, 0.4) is 0 Å². The summed E-state index contributed by atoms with van der Waals surface area (Å²) in [6.45, 7) is 4.42. The Labute approximate surface area is 237 Å². The number of carbonyl (C=O) groups excluding carboxylic acids is 1. The molecule has 194 valence electrons. The standard InChI is InChI=1S/C31H28Cl2N2O2S/c1-19-12-20(2)14-25(13-19)35-30(36)29-26-8-3-4-9-28(26)38-31(29)34-17-22-16-24(33)10-11-27(22)37-18-21-6-5-7-23(32)15-21/h5-7,10-17H,3-4,8-9,18H2,1-2H3,(H,35,36). The van der Waals surface area contributed by atoms with Crippen LogP contribution in [0.4, 0.5) is 10.7 Å². The number of nitrogens with zero attached hydrogens (tertiary/aromatic N) is 1. The number of rotatable bonds is 7. The van der Waals surface area contributed by atoms with E-state index in [1.54, 1.807) is 23.6 Å². The van der Waals surface area contributed by atoms with Crippen molar-refractivity contribution in [1.82, 2.24) is 0 Å². The predicted molar refractivity (Wildman–Crippen MR) is 159 cm³/mol. The highest BCUT2D eigenvalue weighted by atomic mass is 35.5. The maximum Gasteiger partial charge on any atom is 0.259 e. The number of halogens is 2. The Morgan fingerprint density at radius 2 is 1.76 bits per heavy atom. The number of aryl methyl sites for hydroxylation is 3. The summed E-state index contributed by atoms with van der Waals surface area (Å²) in [4.78, 5) is 19.6. The molecule has 4 aromatic rings. The van der Waals surface area contributed by atoms with E-state index in [4.69, 9.17) is 32.9 Å². The summed E-state index contributed by atoms with van der Waals surface area (Å²) < 4.78 is 6.10. The lowest BCUT2D eigenvalue weighted by molar-refractivity contribution is 0.102. The molecule has 0 aliphatic heterocycles. The molecule has 1 aliphatic carbocycles. The van der Waals surface area contributed by atoms with E-state index in [-0.39, 0.29) is 5.91 Å². The Kier molecular flexibility index (Phi) is 8.18. The van der Waals surface area contributed by atoms with E-state index in [2.05, 4.69) is 11.4 Å². The van der Waals surface area contributed by atoms with Gasteiger partial charge in [0.1, 0.15) is 17.4 Å². The molecule has 0 atom stereocenters. The van der Waals surface area contributed by atoms with Gasteiger partial charge in [-0.25, -0.2) is 4.99 Å². The monoisotopic (exact) mass is 562 g/mol. The predicted octanol–water partition coefficient (Wildman–Crippen LogP) is 9.13. The Hall–Kier alpha value is -3.12. The van der Waals surface area contributed by atoms with Crippen LogP contribution in [0.5, 0.6) is 5.75 Å². The number of hydrogen-bond donors (Lipinski definition) is 1. The molecule has 1 aliphatic rings. The highest BCUT2D eigenvalue weighted by Gasteiger charge is 2.25. The summed E-state index contributed by atoms with van der Waals surface area (Å²) in [5.74, 6) is 0.533. The van der Waals surface area contributed by atoms with E-state index in [0.29, 0.717) is 33.0 Å². The van der Waals surface area contributed by atoms with Crippen molar-refractivity contribution in [3.05, 3.63) is 109 Å². The highest BCUT2D eigenvalue weighted by molar-refractivity contribution is 7.16. The number of carbonyl (C=O) groups is 1. The Morgan fingerprint density at radius 1 is 1.00 bits per heavy atom. The van der Waals surface area contributed by atoms with Crippen LogP contribution in [0.1, 0.15) is 55.9 Å². The SMILES string of the molecule is Cc1cc(C)cc(NC(=O)c2c(N=Cc3cc(Cl)ccc3OCc3cccc(Cl)c3)sc3c2CCCC3)c1. The molecule has 0 radical (unpaired) electrons. The van der Waals surface area contributed by atoms with Crippen molar-refractivity contribution >= 4 is 57.3 Å². The van der Waals surface area contributed by atoms with Crippen molar-refractivity contribution in [2.75, 3.05) is 5.32 Å². The Morgan fingerprint density at radius 3 is 2.55 bits per heavy atom. The molecule has 1 N–H and O–H groups in total. The topological polar surface area (TPSA) is 50.7 Å². The van der Waals surface area contributed by atoms with Gasteiger partial charge in [-0.1, -0.05) is 41.4 Å². The van der Waals surface area contributed by atoms with Gasteiger partial charge in [0.2, 0.25) is 0 Å². The molecule has 0 bridgehead atoms. The zero-order valence-electron chi connectivity index (χ0n) is 21.3. The van der Waals surface area contributed by atoms with Crippen LogP contribution in [-0.4, -0.2) is 12.1 Å². The molecule has 1 heterocycles. The molecular weight excluding hydrogens is 535 g/mol. The summed E-state index contributed by atoms with van der Waals surface area (Å²) in [6, 6.07) is 19.1. The van der Waals surface area contributed by atoms with Gasteiger partial charge in [0, 0.05) is 32.4 Å². The van der Waals surface area contributed by atoms with Crippen molar-refractivity contribution in [3.63, 3.8) is 0 Å². The summed E-state index contributed by atoms with van der Waals surface area (Å²) in [5.41, 5.74) is 6.51. The normalized spacial score (nSPS) is 12.9. The van der Waals surface area contributed by atoms with E-state index in [1.165, 1.54) is 4.88 Å². The average Bonchev–Trinajstić information content (AvgIpc) is 3.25. The number of anilines is 1. The summed E-state index contributed by atoms with van der Waals surface area (Å²) in [7, 11) is 0. The minimum Gasteiger partial charge on any atom is -0.488 e. The third-order valence-corrected chi connectivity index (χ3v) is 8.11. The van der Waals surface area contributed by atoms with Crippen LogP contribution in [0, 0.1) is 13.8 Å². The van der Waals surface area contributed by atoms with Gasteiger partial charge < -0.3 is 10.1 Å². The first kappa shape index (κ1) is 26.5. The zero-order valence-corrected chi connectivity index (χ0v) is 23.6. The number of hydrogen-bond acceptors (Lipinski definition) is 4. The minimum absolute atomic E-state index is 0.120. The summed E-state index contributed by atoms with van der Waals surface area (Å²) in [6.07, 6.45) is 5.81. The molecule has 5 rings (SSSR count). The fourth-order valence-electron chi connectivity index (χ4n) is 4.78. The van der Waals surface area contributed by atoms with E-state index in [0.717, 1.165) is 59.2 Å². The lowest BCUT2D eigenvalue weighted by Crippen LogP contribution is -2.15. The second-order valence-corrected chi connectivity index (χ2v) is 11.5. The third kappa shape index (κ3) is 6.29. The molecular formula is C31H28Cl2N2O2S. The minimum atomic E-state index is -0.120. The number of thiophene rings is 1. The highest BCUT2D eigenvalue weighted by Crippen LogP contribution is 2.40. The Balaban J connectivity index is 1.44. The van der Waals surface area contributed by atoms with Crippen molar-refractivity contribution in [1.29, 1.82) is 0 Å². The maximum absolute atomic E-state index is 13.6. The molecule has 0 unspecified atom stereocenters. The number of nitrogens with one attached hydrogen (secondary N) is 1. The van der Waals surface area contributed by atoms with E-state index < -0.39 is 0 Å². The van der Waals surface area contributed by atoms with Gasteiger partial charge >= 0.3 is 0 Å². The summed E-state index contributed by atoms with van der Waals surface area (Å²) in [5, 5.41) is 5.07. The van der Waals surface area contributed by atoms with Gasteiger partial charge in [-0.15, -0.1) is 11.3 Å². The van der Waals surface area contributed by atoms with Crippen LogP contribution in [0.2, 0.25) is 10.0 Å². The van der Waals surface area contributed by atoms with Crippen LogP contribution in [-0.2, 0) is 19.4 Å². The first-order valence-electron chi connectivity index (χ1n) is 12.6. The number of fused-ring (bicyclic) bond motifs is 1. The van der Waals surface area contributed by atoms with Crippen molar-refractivity contribution in [2.45, 2.75) is 46.1 Å². The zero-order chi connectivity index (χ0) is 26.6. The van der Waals surface area contributed by atoms with Crippen LogP contribution in [0.25, 0.3) is 0 Å². The van der Waals surface area contributed by atoms with Gasteiger partial charge in [0.05, 0.1) is 5.56 Å². The molecule has 1 aromatic heterocycles. The van der Waals surface area contributed by atoms with Gasteiger partial charge in [0.15, 0.2) is 0 Å². The number of aliphatic imine (C=N–C) groups is 1. The van der Waals surface area contributed by atoms with E-state index >= 15 is 0 Å². The molecule has 1 amide bonds. The van der Waals surface area contributed by atoms with Gasteiger partial charge in [-0.2, -0.15) is 0 Å². The molecule has 0 fully saturated rings. The smallest absolute Gasteiger partial charge is 0.259 e. The molecule has 0 spiro atoms. The lowest BCUT2D eigenvalue weighted by atomic mass is 9.95. The Bertz CT molecular complexity index is 1510. The van der Waals surface area contributed by atoms with Crippen LogP contribution in [0.15, 0.2) is 65.7 Å². The number of benzene rings is 3. The quantitative estimate of drug-likeness (QED) is 0.228. The molecule has 3 aromatic carbocycles. The molecule has 4 nitrogen and oxygen atoms in total. The average molecular weight is 564 g/mol. The fourth-order valence-corrected chi connectivity index (χ4v) is 6.41. The van der Waals surface area contributed by atoms with E-state index in [9.17, 15) is 4.79 Å². The van der Waals surface area contributed by atoms with Crippen molar-refractivity contribution < 1.29 is 9.53 Å². The molecule has 0 saturated heterocycles. The largest absolute Gasteiger partial charge is 0.488 e. The summed E-state index contributed by atoms with van der Waals surface area (Å²) >= 11 is 14.0. The van der Waals surface area contributed by atoms with Crippen LogP contribution >= 0.6 is 34.5 Å². The third-order valence-electron chi connectivity index (χ3n) is 6.44. The fraction of sp³-hybridized carbons (Fsp3) is 0.226. The van der Waals surface area contributed by atoms with Crippen molar-refractivity contribution in [3.8, 4) is 5.75 Å². The molecule has 38 heavy (non-hydrogen) atoms. The second kappa shape index (κ2) is 11.7. The maximum atomic E-state index is 13.6. The first-order chi connectivity index (χ1) is 18.4. The van der Waals surface area contributed by atoms with Crippen LogP contribution < -0.4 is 10.1 Å². The second-order valence-electron chi connectivity index (χ2n) is 9.58. The first-order valence-corrected chi connectivity index (χ1v) is 14.2. The van der Waals surface area contributed by atoms with Gasteiger partial charge in [-0.3, -0.25) is 4.79 Å². The number of amides is 1.